The van der Waals surface area contributed by atoms with E-state index in [9.17, 15) is 0 Å². The number of hydrogen-bond acceptors (Lipinski definition) is 4. The number of ether oxygens (including phenoxy) is 2. The first-order valence-electron chi connectivity index (χ1n) is 8.40. The van der Waals surface area contributed by atoms with Gasteiger partial charge in [-0.15, -0.1) is 0 Å². The third-order valence-electron chi connectivity index (χ3n) is 4.20. The normalized spacial score (nSPS) is 15.0. The minimum atomic E-state index is 0.200. The summed E-state index contributed by atoms with van der Waals surface area (Å²) in [5, 5.41) is 0.612. The van der Waals surface area contributed by atoms with E-state index >= 15 is 0 Å². The minimum absolute atomic E-state index is 0.200. The van der Waals surface area contributed by atoms with Crippen LogP contribution in [0.2, 0.25) is 5.02 Å². The van der Waals surface area contributed by atoms with Gasteiger partial charge in [0.15, 0.2) is 6.79 Å². The number of halogens is 1. The molecule has 0 atom stereocenters. The van der Waals surface area contributed by atoms with Crippen LogP contribution in [-0.2, 0) is 4.74 Å². The van der Waals surface area contributed by atoms with Gasteiger partial charge in [-0.05, 0) is 36.0 Å². The lowest BCUT2D eigenvalue weighted by Gasteiger charge is -2.35. The van der Waals surface area contributed by atoms with E-state index in [0.29, 0.717) is 10.8 Å². The summed E-state index contributed by atoms with van der Waals surface area (Å²) in [5.41, 5.74) is 2.35. The molecule has 1 fully saturated rings. The molecule has 3 rings (SSSR count). The molecule has 132 valence electrons. The number of methoxy groups -OCH3 is 1. The fraction of sp³-hybridized carbons (Fsp3) is 0.300. The summed E-state index contributed by atoms with van der Waals surface area (Å²) in [6.07, 6.45) is 4.34. The van der Waals surface area contributed by atoms with Gasteiger partial charge in [-0.25, -0.2) is 0 Å². The fourth-order valence-corrected chi connectivity index (χ4v) is 3.04. The quantitative estimate of drug-likeness (QED) is 0.725. The smallest absolute Gasteiger partial charge is 0.188 e. The molecular weight excluding hydrogens is 336 g/mol. The highest BCUT2D eigenvalue weighted by Crippen LogP contribution is 2.30. The lowest BCUT2D eigenvalue weighted by Crippen LogP contribution is -2.44. The van der Waals surface area contributed by atoms with Gasteiger partial charge < -0.3 is 19.3 Å². The zero-order valence-corrected chi connectivity index (χ0v) is 15.2. The topological polar surface area (TPSA) is 24.9 Å². The number of benzene rings is 2. The minimum Gasteiger partial charge on any atom is -0.466 e. The number of piperazine rings is 1. The Morgan fingerprint density at radius 3 is 2.48 bits per heavy atom. The Kier molecular flexibility index (Phi) is 6.20. The molecule has 1 aliphatic heterocycles. The van der Waals surface area contributed by atoms with Gasteiger partial charge in [-0.3, -0.25) is 0 Å². The second-order valence-electron chi connectivity index (χ2n) is 5.92. The van der Waals surface area contributed by atoms with Gasteiger partial charge >= 0.3 is 0 Å². The monoisotopic (exact) mass is 358 g/mol. The molecule has 0 aliphatic carbocycles. The molecule has 0 bridgehead atoms. The number of nitrogens with zero attached hydrogens (tertiary/aromatic N) is 2. The predicted octanol–water partition coefficient (Wildman–Crippen LogP) is 4.12. The third kappa shape index (κ3) is 4.91. The van der Waals surface area contributed by atoms with E-state index in [1.165, 1.54) is 5.56 Å². The molecule has 0 radical (unpaired) electrons. The van der Waals surface area contributed by atoms with Crippen LogP contribution in [0, 0.1) is 0 Å². The first kappa shape index (κ1) is 17.6. The number of hydrogen-bond donors (Lipinski definition) is 0. The summed E-state index contributed by atoms with van der Waals surface area (Å²) < 4.78 is 10.3. The van der Waals surface area contributed by atoms with Crippen LogP contribution in [0.5, 0.6) is 5.75 Å². The summed E-state index contributed by atoms with van der Waals surface area (Å²) >= 11 is 6.30. The van der Waals surface area contributed by atoms with Gasteiger partial charge in [-0.2, -0.15) is 0 Å². The van der Waals surface area contributed by atoms with Crippen molar-refractivity contribution in [1.29, 1.82) is 0 Å². The highest BCUT2D eigenvalue weighted by molar-refractivity contribution is 6.32. The molecule has 1 saturated heterocycles. The van der Waals surface area contributed by atoms with Crippen molar-refractivity contribution in [2.24, 2.45) is 0 Å². The molecule has 4 nitrogen and oxygen atoms in total. The van der Waals surface area contributed by atoms with E-state index in [1.54, 1.807) is 7.11 Å². The molecule has 2 aromatic rings. The van der Waals surface area contributed by atoms with Crippen molar-refractivity contribution in [2.75, 3.05) is 45.0 Å². The molecular formula is C20H23ClN2O2. The highest BCUT2D eigenvalue weighted by atomic mass is 35.5. The standard InChI is InChI=1S/C20H23ClN2O2/c1-24-16-25-20-8-7-18(15-19(20)21)23-13-11-22(12-14-23)10-9-17-5-3-2-4-6-17/h2-10,15H,11-14,16H2,1H3. The van der Waals surface area contributed by atoms with Crippen molar-refractivity contribution in [2.45, 2.75) is 0 Å². The lowest BCUT2D eigenvalue weighted by molar-refractivity contribution is 0.0512. The van der Waals surface area contributed by atoms with Gasteiger partial charge in [0, 0.05) is 39.0 Å². The summed E-state index contributed by atoms with van der Waals surface area (Å²) in [4.78, 5) is 4.69. The SMILES string of the molecule is COCOc1ccc(N2CCN(C=Cc3ccccc3)CC2)cc1Cl. The van der Waals surface area contributed by atoms with E-state index in [1.807, 2.05) is 24.3 Å². The molecule has 0 N–H and O–H groups in total. The van der Waals surface area contributed by atoms with Gasteiger partial charge in [0.1, 0.15) is 5.75 Å². The summed E-state index contributed by atoms with van der Waals surface area (Å²) in [5.74, 6) is 0.650. The Labute approximate surface area is 154 Å². The first-order chi connectivity index (χ1) is 12.3. The van der Waals surface area contributed by atoms with Crippen molar-refractivity contribution >= 4 is 23.4 Å². The molecule has 0 unspecified atom stereocenters. The van der Waals surface area contributed by atoms with Crippen molar-refractivity contribution < 1.29 is 9.47 Å². The molecule has 5 heteroatoms. The number of anilines is 1. The Morgan fingerprint density at radius 1 is 1.04 bits per heavy atom. The van der Waals surface area contributed by atoms with Crippen LogP contribution >= 0.6 is 11.6 Å². The van der Waals surface area contributed by atoms with Crippen molar-refractivity contribution in [3.63, 3.8) is 0 Å². The van der Waals surface area contributed by atoms with Crippen molar-refractivity contribution in [3.05, 3.63) is 65.3 Å². The molecule has 2 aromatic carbocycles. The molecule has 1 heterocycles. The maximum atomic E-state index is 6.30. The maximum Gasteiger partial charge on any atom is 0.188 e. The van der Waals surface area contributed by atoms with E-state index in [4.69, 9.17) is 21.1 Å². The van der Waals surface area contributed by atoms with E-state index in [2.05, 4.69) is 46.3 Å². The molecule has 1 aliphatic rings. The van der Waals surface area contributed by atoms with Crippen LogP contribution in [0.25, 0.3) is 6.08 Å². The zero-order valence-electron chi connectivity index (χ0n) is 14.4. The van der Waals surface area contributed by atoms with Crippen molar-refractivity contribution in [3.8, 4) is 5.75 Å². The molecule has 0 saturated carbocycles. The van der Waals surface area contributed by atoms with Crippen LogP contribution in [-0.4, -0.2) is 45.0 Å². The Balaban J connectivity index is 1.55. The maximum absolute atomic E-state index is 6.30. The molecule has 0 aromatic heterocycles. The van der Waals surface area contributed by atoms with Crippen LogP contribution in [0.4, 0.5) is 5.69 Å². The van der Waals surface area contributed by atoms with Gasteiger partial charge in [0.2, 0.25) is 0 Å². The van der Waals surface area contributed by atoms with E-state index < -0.39 is 0 Å². The van der Waals surface area contributed by atoms with Gasteiger partial charge in [0.25, 0.3) is 0 Å². The summed E-state index contributed by atoms with van der Waals surface area (Å²) in [6, 6.07) is 16.3. The molecule has 0 spiro atoms. The van der Waals surface area contributed by atoms with Gasteiger partial charge in [-0.1, -0.05) is 41.9 Å². The third-order valence-corrected chi connectivity index (χ3v) is 4.50. The molecule has 25 heavy (non-hydrogen) atoms. The lowest BCUT2D eigenvalue weighted by atomic mass is 10.2. The molecule has 0 amide bonds. The average molecular weight is 359 g/mol. The summed E-state index contributed by atoms with van der Waals surface area (Å²) in [6.45, 7) is 4.11. The van der Waals surface area contributed by atoms with E-state index in [0.717, 1.165) is 31.9 Å². The fourth-order valence-electron chi connectivity index (χ4n) is 2.81. The van der Waals surface area contributed by atoms with Crippen LogP contribution in [0.3, 0.4) is 0 Å². The predicted molar refractivity (Wildman–Crippen MR) is 103 cm³/mol. The number of rotatable bonds is 6. The van der Waals surface area contributed by atoms with Crippen LogP contribution in [0.15, 0.2) is 54.7 Å². The zero-order chi connectivity index (χ0) is 17.5. The first-order valence-corrected chi connectivity index (χ1v) is 8.77. The average Bonchev–Trinajstić information content (AvgIpc) is 2.67. The Bertz CT molecular complexity index is 698. The summed E-state index contributed by atoms with van der Waals surface area (Å²) in [7, 11) is 1.59. The second-order valence-corrected chi connectivity index (χ2v) is 6.32. The van der Waals surface area contributed by atoms with Gasteiger partial charge in [0.05, 0.1) is 5.02 Å². The van der Waals surface area contributed by atoms with Crippen LogP contribution < -0.4 is 9.64 Å². The van der Waals surface area contributed by atoms with Crippen molar-refractivity contribution in [1.82, 2.24) is 4.90 Å². The van der Waals surface area contributed by atoms with Crippen LogP contribution in [0.1, 0.15) is 5.56 Å². The Hall–Kier alpha value is -2.17. The highest BCUT2D eigenvalue weighted by Gasteiger charge is 2.16. The largest absolute Gasteiger partial charge is 0.466 e. The Morgan fingerprint density at radius 2 is 1.80 bits per heavy atom. The second kappa shape index (κ2) is 8.79. The van der Waals surface area contributed by atoms with E-state index in [-0.39, 0.29) is 6.79 Å².